The third kappa shape index (κ3) is 3.84. The van der Waals surface area contributed by atoms with E-state index in [1.54, 1.807) is 24.3 Å². The van der Waals surface area contributed by atoms with Crippen LogP contribution in [0.5, 0.6) is 0 Å². The summed E-state index contributed by atoms with van der Waals surface area (Å²) in [7, 11) is 0. The number of ether oxygens (including phenoxy) is 1. The van der Waals surface area contributed by atoms with Gasteiger partial charge in [0.15, 0.2) is 0 Å². The normalized spacial score (nSPS) is 10.2. The summed E-state index contributed by atoms with van der Waals surface area (Å²) >= 11 is 0. The SMILES string of the molecule is NOCc1cnc(COC(=O)c2ccccc2)cn1. The predicted octanol–water partition coefficient (Wildman–Crippen LogP) is 1.22. The molecular formula is C13H13N3O3. The lowest BCUT2D eigenvalue weighted by atomic mass is 10.2. The molecule has 6 nitrogen and oxygen atoms in total. The number of esters is 1. The van der Waals surface area contributed by atoms with Gasteiger partial charge in [-0.1, -0.05) is 18.2 Å². The fraction of sp³-hybridized carbons (Fsp3) is 0.154. The van der Waals surface area contributed by atoms with Crippen molar-refractivity contribution in [3.8, 4) is 0 Å². The Bertz CT molecular complexity index is 529. The largest absolute Gasteiger partial charge is 0.456 e. The average Bonchev–Trinajstić information content (AvgIpc) is 2.47. The van der Waals surface area contributed by atoms with Gasteiger partial charge in [-0.3, -0.25) is 14.8 Å². The molecule has 2 N–H and O–H groups in total. The maximum Gasteiger partial charge on any atom is 0.338 e. The van der Waals surface area contributed by atoms with E-state index in [4.69, 9.17) is 10.6 Å². The van der Waals surface area contributed by atoms with Crippen molar-refractivity contribution in [2.24, 2.45) is 5.90 Å². The molecule has 2 rings (SSSR count). The lowest BCUT2D eigenvalue weighted by Gasteiger charge is -2.04. The number of aromatic nitrogens is 2. The quantitative estimate of drug-likeness (QED) is 0.641. The zero-order valence-corrected chi connectivity index (χ0v) is 10.2. The van der Waals surface area contributed by atoms with Crippen molar-refractivity contribution in [3.63, 3.8) is 0 Å². The molecule has 0 aliphatic rings. The van der Waals surface area contributed by atoms with Crippen molar-refractivity contribution < 1.29 is 14.4 Å². The lowest BCUT2D eigenvalue weighted by molar-refractivity contribution is 0.0467. The van der Waals surface area contributed by atoms with Crippen molar-refractivity contribution in [2.75, 3.05) is 0 Å². The fourth-order valence-corrected chi connectivity index (χ4v) is 1.41. The Morgan fingerprint density at radius 1 is 1.05 bits per heavy atom. The van der Waals surface area contributed by atoms with Gasteiger partial charge in [-0.25, -0.2) is 10.7 Å². The van der Waals surface area contributed by atoms with E-state index < -0.39 is 5.97 Å². The summed E-state index contributed by atoms with van der Waals surface area (Å²) in [4.78, 5) is 24.3. The number of carbonyl (C=O) groups excluding carboxylic acids is 1. The monoisotopic (exact) mass is 259 g/mol. The van der Waals surface area contributed by atoms with Gasteiger partial charge in [0, 0.05) is 0 Å². The van der Waals surface area contributed by atoms with Crippen LogP contribution >= 0.6 is 0 Å². The van der Waals surface area contributed by atoms with E-state index in [2.05, 4.69) is 14.8 Å². The van der Waals surface area contributed by atoms with Crippen LogP contribution in [0.2, 0.25) is 0 Å². The summed E-state index contributed by atoms with van der Waals surface area (Å²) < 4.78 is 5.12. The Kier molecular flexibility index (Phi) is 4.54. The second-order valence-electron chi connectivity index (χ2n) is 3.75. The van der Waals surface area contributed by atoms with Crippen molar-refractivity contribution in [1.82, 2.24) is 9.97 Å². The van der Waals surface area contributed by atoms with Crippen LogP contribution in [0.1, 0.15) is 21.7 Å². The summed E-state index contributed by atoms with van der Waals surface area (Å²) in [5, 5.41) is 0. The molecule has 1 aromatic carbocycles. The van der Waals surface area contributed by atoms with Crippen molar-refractivity contribution in [3.05, 3.63) is 59.7 Å². The van der Waals surface area contributed by atoms with Crippen LogP contribution in [0.15, 0.2) is 42.7 Å². The smallest absolute Gasteiger partial charge is 0.338 e. The molecule has 0 spiro atoms. The molecule has 98 valence electrons. The second kappa shape index (κ2) is 6.58. The van der Waals surface area contributed by atoms with E-state index in [0.717, 1.165) is 0 Å². The van der Waals surface area contributed by atoms with Crippen LogP contribution in [0, 0.1) is 0 Å². The first-order valence-corrected chi connectivity index (χ1v) is 5.63. The second-order valence-corrected chi connectivity index (χ2v) is 3.75. The third-order valence-electron chi connectivity index (χ3n) is 2.35. The molecule has 0 saturated heterocycles. The molecule has 6 heteroatoms. The average molecular weight is 259 g/mol. The predicted molar refractivity (Wildman–Crippen MR) is 66.6 cm³/mol. The number of hydrogen-bond acceptors (Lipinski definition) is 6. The highest BCUT2D eigenvalue weighted by Crippen LogP contribution is 2.04. The molecule has 19 heavy (non-hydrogen) atoms. The molecule has 0 unspecified atom stereocenters. The van der Waals surface area contributed by atoms with E-state index >= 15 is 0 Å². The molecule has 0 amide bonds. The number of rotatable bonds is 5. The van der Waals surface area contributed by atoms with Gasteiger partial charge in [-0.05, 0) is 12.1 Å². The highest BCUT2D eigenvalue weighted by atomic mass is 16.6. The number of benzene rings is 1. The summed E-state index contributed by atoms with van der Waals surface area (Å²) in [6, 6.07) is 8.77. The van der Waals surface area contributed by atoms with E-state index in [-0.39, 0.29) is 13.2 Å². The van der Waals surface area contributed by atoms with Gasteiger partial charge >= 0.3 is 5.97 Å². The number of carbonyl (C=O) groups is 1. The molecule has 0 fully saturated rings. The molecule has 0 aliphatic carbocycles. The summed E-state index contributed by atoms with van der Waals surface area (Å²) in [6.45, 7) is 0.265. The van der Waals surface area contributed by atoms with Crippen LogP contribution < -0.4 is 5.90 Å². The summed E-state index contributed by atoms with van der Waals surface area (Å²) in [5.41, 5.74) is 1.68. The molecule has 2 aromatic rings. The van der Waals surface area contributed by atoms with E-state index in [9.17, 15) is 4.79 Å². The topological polar surface area (TPSA) is 87.3 Å². The molecule has 0 atom stereocenters. The van der Waals surface area contributed by atoms with Crippen molar-refractivity contribution >= 4 is 5.97 Å². The van der Waals surface area contributed by atoms with Crippen molar-refractivity contribution in [1.29, 1.82) is 0 Å². The van der Waals surface area contributed by atoms with Gasteiger partial charge in [-0.2, -0.15) is 0 Å². The van der Waals surface area contributed by atoms with Crippen LogP contribution in [0.4, 0.5) is 0 Å². The summed E-state index contributed by atoms with van der Waals surface area (Å²) in [6.07, 6.45) is 3.05. The Balaban J connectivity index is 1.90. The standard InChI is InChI=1S/C13H13N3O3/c14-19-9-12-7-15-11(6-16-12)8-18-13(17)10-4-2-1-3-5-10/h1-7H,8-9,14H2. The Morgan fingerprint density at radius 2 is 1.68 bits per heavy atom. The van der Waals surface area contributed by atoms with Gasteiger partial charge in [0.1, 0.15) is 13.2 Å². The van der Waals surface area contributed by atoms with E-state index in [0.29, 0.717) is 17.0 Å². The van der Waals surface area contributed by atoms with Gasteiger partial charge in [-0.15, -0.1) is 0 Å². The number of hydrogen-bond donors (Lipinski definition) is 1. The Hall–Kier alpha value is -2.31. The maximum atomic E-state index is 11.7. The summed E-state index contributed by atoms with van der Waals surface area (Å²) in [5.74, 6) is 4.53. The zero-order valence-electron chi connectivity index (χ0n) is 10.2. The minimum Gasteiger partial charge on any atom is -0.456 e. The maximum absolute atomic E-state index is 11.7. The fourth-order valence-electron chi connectivity index (χ4n) is 1.41. The molecule has 0 bridgehead atoms. The van der Waals surface area contributed by atoms with Gasteiger partial charge in [0.05, 0.1) is 29.3 Å². The first-order chi connectivity index (χ1) is 9.29. The number of nitrogens with two attached hydrogens (primary N) is 1. The van der Waals surface area contributed by atoms with Crippen LogP contribution in [0.25, 0.3) is 0 Å². The minimum absolute atomic E-state index is 0.0739. The Morgan fingerprint density at radius 3 is 2.26 bits per heavy atom. The molecule has 1 heterocycles. The van der Waals surface area contributed by atoms with Crippen LogP contribution in [-0.2, 0) is 22.8 Å². The third-order valence-corrected chi connectivity index (χ3v) is 2.35. The Labute approximate surface area is 110 Å². The van der Waals surface area contributed by atoms with E-state index in [1.165, 1.54) is 12.4 Å². The molecule has 0 saturated carbocycles. The number of nitrogens with zero attached hydrogens (tertiary/aromatic N) is 2. The molecule has 1 aromatic heterocycles. The lowest BCUT2D eigenvalue weighted by Crippen LogP contribution is -2.07. The molecular weight excluding hydrogens is 246 g/mol. The first kappa shape index (κ1) is 13.1. The van der Waals surface area contributed by atoms with Crippen LogP contribution in [0.3, 0.4) is 0 Å². The minimum atomic E-state index is -0.392. The van der Waals surface area contributed by atoms with Gasteiger partial charge in [0.2, 0.25) is 0 Å². The van der Waals surface area contributed by atoms with E-state index in [1.807, 2.05) is 6.07 Å². The first-order valence-electron chi connectivity index (χ1n) is 5.63. The highest BCUT2D eigenvalue weighted by Gasteiger charge is 2.07. The highest BCUT2D eigenvalue weighted by molar-refractivity contribution is 5.89. The van der Waals surface area contributed by atoms with Gasteiger partial charge < -0.3 is 4.74 Å². The molecule has 0 radical (unpaired) electrons. The zero-order chi connectivity index (χ0) is 13.5. The van der Waals surface area contributed by atoms with Gasteiger partial charge in [0.25, 0.3) is 0 Å². The van der Waals surface area contributed by atoms with Crippen molar-refractivity contribution in [2.45, 2.75) is 13.2 Å². The molecule has 0 aliphatic heterocycles. The van der Waals surface area contributed by atoms with Crippen LogP contribution in [-0.4, -0.2) is 15.9 Å².